The van der Waals surface area contributed by atoms with Crippen LogP contribution < -0.4 is 5.32 Å². The van der Waals surface area contributed by atoms with Gasteiger partial charge in [0.1, 0.15) is 11.6 Å². The van der Waals surface area contributed by atoms with Crippen LogP contribution >= 0.6 is 31.9 Å². The van der Waals surface area contributed by atoms with Crippen LogP contribution in [0.2, 0.25) is 0 Å². The van der Waals surface area contributed by atoms with Crippen LogP contribution in [-0.4, -0.2) is 25.1 Å². The number of hydrogen-bond acceptors (Lipinski definition) is 4. The first-order chi connectivity index (χ1) is 11.8. The van der Waals surface area contributed by atoms with E-state index in [2.05, 4.69) is 42.2 Å². The summed E-state index contributed by atoms with van der Waals surface area (Å²) in [6.07, 6.45) is 1.51. The first-order valence-corrected chi connectivity index (χ1v) is 10.4. The Morgan fingerprint density at radius 1 is 1.04 bits per heavy atom. The van der Waals surface area contributed by atoms with Gasteiger partial charge in [0.25, 0.3) is 0 Å². The first kappa shape index (κ1) is 18.0. The van der Waals surface area contributed by atoms with Crippen molar-refractivity contribution in [3.63, 3.8) is 0 Å². The number of sulfone groups is 1. The molecule has 128 valence electrons. The summed E-state index contributed by atoms with van der Waals surface area (Å²) in [5, 5.41) is 4.25. The van der Waals surface area contributed by atoms with Crippen LogP contribution in [0.4, 0.5) is 5.82 Å². The largest absolute Gasteiger partial charge is 0.309 e. The molecule has 3 rings (SSSR count). The molecular weight excluding hydrogens is 472 g/mol. The summed E-state index contributed by atoms with van der Waals surface area (Å²) in [6, 6.07) is 14.0. The normalized spacial score (nSPS) is 11.4. The second-order valence-electron chi connectivity index (χ2n) is 5.30. The fraction of sp³-hybridized carbons (Fsp3) is 0.0588. The molecule has 0 spiro atoms. The fourth-order valence-electron chi connectivity index (χ4n) is 2.29. The molecule has 0 aliphatic carbocycles. The average Bonchev–Trinajstić information content (AvgIpc) is 2.56. The zero-order chi connectivity index (χ0) is 18.0. The summed E-state index contributed by atoms with van der Waals surface area (Å²) >= 11 is 6.53. The predicted octanol–water partition coefficient (Wildman–Crippen LogP) is 4.17. The highest BCUT2D eigenvalue weighted by Gasteiger charge is 2.20. The van der Waals surface area contributed by atoms with Gasteiger partial charge in [-0.05, 0) is 60.8 Å². The molecule has 0 aliphatic heterocycles. The monoisotopic (exact) mass is 482 g/mol. The molecule has 5 nitrogen and oxygen atoms in total. The molecule has 2 aromatic carbocycles. The molecule has 1 amide bonds. The lowest BCUT2D eigenvalue weighted by Crippen LogP contribution is -2.23. The molecular formula is C17H12Br2N2O3S. The number of halogens is 2. The number of fused-ring (bicyclic) bond motifs is 1. The molecule has 0 atom stereocenters. The second kappa shape index (κ2) is 7.23. The summed E-state index contributed by atoms with van der Waals surface area (Å²) in [5.74, 6) is -1.04. The Hall–Kier alpha value is -1.77. The van der Waals surface area contributed by atoms with Crippen molar-refractivity contribution in [2.24, 2.45) is 0 Å². The van der Waals surface area contributed by atoms with Gasteiger partial charge in [-0.2, -0.15) is 0 Å². The van der Waals surface area contributed by atoms with E-state index >= 15 is 0 Å². The highest BCUT2D eigenvalue weighted by Crippen LogP contribution is 2.24. The molecule has 1 heterocycles. The molecule has 1 N–H and O–H groups in total. The summed E-state index contributed by atoms with van der Waals surface area (Å²) in [5.41, 5.74) is 0. The third kappa shape index (κ3) is 4.26. The molecule has 1 aromatic heterocycles. The minimum atomic E-state index is -3.76. The number of nitrogens with zero attached hydrogens (tertiary/aromatic N) is 1. The summed E-state index contributed by atoms with van der Waals surface area (Å²) in [4.78, 5) is 16.3. The zero-order valence-corrected chi connectivity index (χ0v) is 16.7. The lowest BCUT2D eigenvalue weighted by molar-refractivity contribution is -0.113. The molecule has 0 bridgehead atoms. The molecule has 0 saturated carbocycles. The van der Waals surface area contributed by atoms with Gasteiger partial charge in [0, 0.05) is 10.7 Å². The number of carbonyl (C=O) groups excluding carboxylic acids is 1. The smallest absolute Gasteiger partial charge is 0.241 e. The van der Waals surface area contributed by atoms with Gasteiger partial charge in [-0.3, -0.25) is 4.79 Å². The number of anilines is 1. The number of nitrogens with one attached hydrogen (secondary N) is 1. The summed E-state index contributed by atoms with van der Waals surface area (Å²) in [6.45, 7) is 0. The molecule has 25 heavy (non-hydrogen) atoms. The van der Waals surface area contributed by atoms with Gasteiger partial charge in [0.15, 0.2) is 9.84 Å². The lowest BCUT2D eigenvalue weighted by Gasteiger charge is -2.08. The zero-order valence-electron chi connectivity index (χ0n) is 12.7. The number of carbonyl (C=O) groups is 1. The molecule has 3 aromatic rings. The van der Waals surface area contributed by atoms with E-state index in [0.717, 1.165) is 15.2 Å². The van der Waals surface area contributed by atoms with Crippen molar-refractivity contribution < 1.29 is 13.2 Å². The van der Waals surface area contributed by atoms with E-state index in [1.54, 1.807) is 18.2 Å². The summed E-state index contributed by atoms with van der Waals surface area (Å²) in [7, 11) is -3.76. The van der Waals surface area contributed by atoms with Crippen LogP contribution in [0, 0.1) is 0 Å². The fourth-order valence-corrected chi connectivity index (χ4v) is 4.54. The SMILES string of the molecule is O=C(CS(=O)(=O)c1ccc2ccccc2c1)Nc1ncc(Br)cc1Br. The number of rotatable bonds is 4. The van der Waals surface area contributed by atoms with Gasteiger partial charge in [0.05, 0.1) is 9.37 Å². The maximum absolute atomic E-state index is 12.5. The van der Waals surface area contributed by atoms with Crippen molar-refractivity contribution in [1.29, 1.82) is 0 Å². The number of pyridine rings is 1. The van der Waals surface area contributed by atoms with Crippen molar-refractivity contribution >= 4 is 64.2 Å². The van der Waals surface area contributed by atoms with Gasteiger partial charge in [-0.15, -0.1) is 0 Å². The van der Waals surface area contributed by atoms with Gasteiger partial charge < -0.3 is 5.32 Å². The van der Waals surface area contributed by atoms with Crippen LogP contribution in [0.15, 0.2) is 68.6 Å². The molecule has 0 fully saturated rings. The topological polar surface area (TPSA) is 76.1 Å². The molecule has 0 saturated heterocycles. The van der Waals surface area contributed by atoms with Gasteiger partial charge in [0.2, 0.25) is 5.91 Å². The Morgan fingerprint density at radius 3 is 2.48 bits per heavy atom. The number of benzene rings is 2. The van der Waals surface area contributed by atoms with Crippen LogP contribution in [0.1, 0.15) is 0 Å². The Balaban J connectivity index is 1.81. The van der Waals surface area contributed by atoms with E-state index in [4.69, 9.17) is 0 Å². The minimum Gasteiger partial charge on any atom is -0.309 e. The van der Waals surface area contributed by atoms with Gasteiger partial charge in [-0.1, -0.05) is 30.3 Å². The maximum atomic E-state index is 12.5. The molecule has 0 unspecified atom stereocenters. The number of amides is 1. The Morgan fingerprint density at radius 2 is 1.76 bits per heavy atom. The standard InChI is InChI=1S/C17H12Br2N2O3S/c18-13-8-15(19)17(20-9-13)21-16(22)10-25(23,24)14-6-5-11-3-1-2-4-12(11)7-14/h1-9H,10H2,(H,20,21,22). The van der Waals surface area contributed by atoms with Crippen molar-refractivity contribution in [2.45, 2.75) is 4.90 Å². The van der Waals surface area contributed by atoms with Crippen molar-refractivity contribution in [3.8, 4) is 0 Å². The van der Waals surface area contributed by atoms with Crippen LogP contribution in [-0.2, 0) is 14.6 Å². The van der Waals surface area contributed by atoms with Gasteiger partial charge >= 0.3 is 0 Å². The number of hydrogen-bond donors (Lipinski definition) is 1. The lowest BCUT2D eigenvalue weighted by atomic mass is 10.1. The van der Waals surface area contributed by atoms with Crippen LogP contribution in [0.5, 0.6) is 0 Å². The minimum absolute atomic E-state index is 0.115. The van der Waals surface area contributed by atoms with Gasteiger partial charge in [-0.25, -0.2) is 13.4 Å². The van der Waals surface area contributed by atoms with Crippen LogP contribution in [0.25, 0.3) is 10.8 Å². The van der Waals surface area contributed by atoms with E-state index in [-0.39, 0.29) is 10.7 Å². The molecule has 8 heteroatoms. The average molecular weight is 484 g/mol. The van der Waals surface area contributed by atoms with E-state index in [1.165, 1.54) is 12.3 Å². The van der Waals surface area contributed by atoms with Crippen LogP contribution in [0.3, 0.4) is 0 Å². The van der Waals surface area contributed by atoms with E-state index in [0.29, 0.717) is 4.47 Å². The highest BCUT2D eigenvalue weighted by molar-refractivity contribution is 9.11. The quantitative estimate of drug-likeness (QED) is 0.604. The van der Waals surface area contributed by atoms with E-state index in [9.17, 15) is 13.2 Å². The molecule has 0 radical (unpaired) electrons. The van der Waals surface area contributed by atoms with Crippen molar-refractivity contribution in [3.05, 3.63) is 63.7 Å². The highest BCUT2D eigenvalue weighted by atomic mass is 79.9. The number of aromatic nitrogens is 1. The van der Waals surface area contributed by atoms with E-state index < -0.39 is 21.5 Å². The third-order valence-corrected chi connectivity index (χ3v) is 6.12. The molecule has 0 aliphatic rings. The van der Waals surface area contributed by atoms with Crippen molar-refractivity contribution in [2.75, 3.05) is 11.1 Å². The Labute approximate surface area is 161 Å². The summed E-state index contributed by atoms with van der Waals surface area (Å²) < 4.78 is 26.3. The van der Waals surface area contributed by atoms with E-state index in [1.807, 2.05) is 24.3 Å². The third-order valence-electron chi connectivity index (χ3n) is 3.47. The van der Waals surface area contributed by atoms with Crippen molar-refractivity contribution in [1.82, 2.24) is 4.98 Å². The predicted molar refractivity (Wildman–Crippen MR) is 104 cm³/mol. The Kier molecular flexibility index (Phi) is 5.21. The maximum Gasteiger partial charge on any atom is 0.241 e. The first-order valence-electron chi connectivity index (χ1n) is 7.17. The second-order valence-corrected chi connectivity index (χ2v) is 9.06. The Bertz CT molecular complexity index is 1070.